The van der Waals surface area contributed by atoms with Gasteiger partial charge in [-0.2, -0.15) is 0 Å². The number of benzene rings is 2. The Bertz CT molecular complexity index is 1190. The highest BCUT2D eigenvalue weighted by atomic mass is 19.1. The first-order valence-electron chi connectivity index (χ1n) is 8.19. The predicted octanol–water partition coefficient (Wildman–Crippen LogP) is 2.06. The van der Waals surface area contributed by atoms with E-state index in [0.29, 0.717) is 0 Å². The van der Waals surface area contributed by atoms with Crippen molar-refractivity contribution in [3.63, 3.8) is 0 Å². The van der Waals surface area contributed by atoms with Gasteiger partial charge in [-0.15, -0.1) is 0 Å². The second kappa shape index (κ2) is 7.66. The molecule has 0 saturated heterocycles. The fraction of sp³-hybridized carbons (Fsp3) is 0.105. The molecule has 1 aromatic heterocycles. The molecule has 3 aromatic rings. The van der Waals surface area contributed by atoms with Gasteiger partial charge in [0.15, 0.2) is 0 Å². The Morgan fingerprint density at radius 2 is 1.76 bits per heavy atom. The number of rotatable bonds is 5. The first kappa shape index (κ1) is 19.9. The topological polar surface area (TPSA) is 119 Å². The number of aromatic amines is 1. The highest BCUT2D eigenvalue weighted by Gasteiger charge is 2.22. The van der Waals surface area contributed by atoms with Crippen LogP contribution in [-0.4, -0.2) is 33.6 Å². The van der Waals surface area contributed by atoms with Gasteiger partial charge in [0, 0.05) is 17.4 Å². The zero-order valence-corrected chi connectivity index (χ0v) is 14.6. The molecular weight excluding hydrogens is 393 g/mol. The van der Waals surface area contributed by atoms with Gasteiger partial charge in [0.05, 0.1) is 5.52 Å². The number of H-pyrrole nitrogens is 1. The number of carbonyl (C=O) groups is 2. The Morgan fingerprint density at radius 1 is 1.10 bits per heavy atom. The lowest BCUT2D eigenvalue weighted by Crippen LogP contribution is -2.33. The zero-order chi connectivity index (χ0) is 21.3. The molecule has 1 heterocycles. The van der Waals surface area contributed by atoms with Crippen LogP contribution in [0.4, 0.5) is 13.2 Å². The molecule has 0 atom stereocenters. The fourth-order valence-corrected chi connectivity index (χ4v) is 2.90. The fourth-order valence-electron chi connectivity index (χ4n) is 2.90. The van der Waals surface area contributed by atoms with Crippen molar-refractivity contribution in [1.82, 2.24) is 10.3 Å². The lowest BCUT2D eigenvalue weighted by atomic mass is 9.99. The summed E-state index contributed by atoms with van der Waals surface area (Å²) in [6, 6.07) is 4.97. The lowest BCUT2D eigenvalue weighted by molar-refractivity contribution is -0.135. The van der Waals surface area contributed by atoms with Crippen LogP contribution >= 0.6 is 0 Å². The van der Waals surface area contributed by atoms with Gasteiger partial charge in [-0.25, -0.2) is 13.2 Å². The molecule has 4 N–H and O–H groups in total. The summed E-state index contributed by atoms with van der Waals surface area (Å²) < 4.78 is 42.0. The summed E-state index contributed by atoms with van der Waals surface area (Å²) in [5.74, 6) is -6.09. The molecule has 3 rings (SSSR count). The van der Waals surface area contributed by atoms with Gasteiger partial charge in [-0.05, 0) is 29.8 Å². The van der Waals surface area contributed by atoms with Crippen LogP contribution in [0.15, 0.2) is 35.1 Å². The maximum absolute atomic E-state index is 14.1. The van der Waals surface area contributed by atoms with E-state index in [4.69, 9.17) is 5.11 Å². The van der Waals surface area contributed by atoms with Crippen LogP contribution in [0.25, 0.3) is 10.9 Å². The minimum atomic E-state index is -1.38. The predicted molar refractivity (Wildman–Crippen MR) is 95.3 cm³/mol. The number of aromatic hydroxyl groups is 1. The van der Waals surface area contributed by atoms with Crippen LogP contribution in [0.1, 0.15) is 21.5 Å². The molecule has 2 aromatic carbocycles. The largest absolute Gasteiger partial charge is 0.506 e. The van der Waals surface area contributed by atoms with Crippen molar-refractivity contribution in [3.05, 3.63) is 74.8 Å². The van der Waals surface area contributed by atoms with Crippen molar-refractivity contribution in [3.8, 4) is 5.75 Å². The van der Waals surface area contributed by atoms with Crippen LogP contribution in [0, 0.1) is 17.5 Å². The van der Waals surface area contributed by atoms with E-state index in [1.165, 1.54) is 0 Å². The van der Waals surface area contributed by atoms with E-state index in [2.05, 4.69) is 4.98 Å². The summed E-state index contributed by atoms with van der Waals surface area (Å²) in [5, 5.41) is 20.6. The van der Waals surface area contributed by atoms with Gasteiger partial charge in [0.1, 0.15) is 35.3 Å². The van der Waals surface area contributed by atoms with Crippen LogP contribution in [-0.2, 0) is 11.2 Å². The third kappa shape index (κ3) is 3.91. The number of hydrogen-bond donors (Lipinski definition) is 4. The summed E-state index contributed by atoms with van der Waals surface area (Å²) in [6.45, 7) is -0.809. The van der Waals surface area contributed by atoms with Gasteiger partial charge < -0.3 is 20.5 Å². The first-order valence-corrected chi connectivity index (χ1v) is 8.19. The molecule has 0 saturated carbocycles. The number of aromatic nitrogens is 1. The van der Waals surface area contributed by atoms with E-state index >= 15 is 0 Å². The van der Waals surface area contributed by atoms with Gasteiger partial charge in [0.25, 0.3) is 11.5 Å². The molecular formula is C19H13F3N2O5. The number of aliphatic carboxylic acids is 1. The third-order valence-electron chi connectivity index (χ3n) is 4.20. The van der Waals surface area contributed by atoms with Crippen LogP contribution in [0.3, 0.4) is 0 Å². The average molecular weight is 406 g/mol. The van der Waals surface area contributed by atoms with E-state index in [0.717, 1.165) is 30.3 Å². The summed E-state index contributed by atoms with van der Waals surface area (Å²) in [4.78, 5) is 37.2. The molecule has 0 fully saturated rings. The van der Waals surface area contributed by atoms with E-state index in [1.807, 2.05) is 5.32 Å². The molecule has 7 nitrogen and oxygen atoms in total. The van der Waals surface area contributed by atoms with E-state index in [-0.39, 0.29) is 22.0 Å². The quantitative estimate of drug-likeness (QED) is 0.517. The van der Waals surface area contributed by atoms with Gasteiger partial charge >= 0.3 is 5.97 Å². The van der Waals surface area contributed by atoms with Crippen molar-refractivity contribution in [2.24, 2.45) is 0 Å². The van der Waals surface area contributed by atoms with Gasteiger partial charge in [-0.3, -0.25) is 14.4 Å². The number of halogens is 3. The molecule has 0 radical (unpaired) electrons. The summed E-state index contributed by atoms with van der Waals surface area (Å²) in [6.07, 6.45) is -0.438. The van der Waals surface area contributed by atoms with Gasteiger partial charge in [-0.1, -0.05) is 6.07 Å². The van der Waals surface area contributed by atoms with Crippen LogP contribution in [0.5, 0.6) is 5.75 Å². The second-order valence-corrected chi connectivity index (χ2v) is 6.12. The summed E-state index contributed by atoms with van der Waals surface area (Å²) in [5.41, 5.74) is -2.42. The molecule has 0 aliphatic heterocycles. The standard InChI is InChI=1S/C19H13F3N2O5/c20-9-4-8(5-10-12(21)2-1-3-13(10)22)16-11(6-9)17(27)15(19(29)24-16)18(28)23-7-14(25)26/h1-4,6H,5,7H2,(H,23,28)(H,25,26)(H2,24,27,29). The second-order valence-electron chi connectivity index (χ2n) is 6.12. The number of carboxylic acid groups (broad SMARTS) is 1. The number of hydrogen-bond acceptors (Lipinski definition) is 4. The Kier molecular flexibility index (Phi) is 5.26. The van der Waals surface area contributed by atoms with Crippen molar-refractivity contribution < 1.29 is 33.0 Å². The molecule has 10 heteroatoms. The molecule has 1 amide bonds. The molecule has 0 bridgehead atoms. The van der Waals surface area contributed by atoms with Crippen molar-refractivity contribution in [1.29, 1.82) is 0 Å². The van der Waals surface area contributed by atoms with Gasteiger partial charge in [0.2, 0.25) is 0 Å². The molecule has 0 aliphatic carbocycles. The van der Waals surface area contributed by atoms with Crippen molar-refractivity contribution in [2.75, 3.05) is 6.54 Å². The first-order chi connectivity index (χ1) is 13.7. The number of fused-ring (bicyclic) bond motifs is 1. The Morgan fingerprint density at radius 3 is 2.38 bits per heavy atom. The number of carboxylic acids is 1. The minimum Gasteiger partial charge on any atom is -0.506 e. The monoisotopic (exact) mass is 406 g/mol. The number of pyridine rings is 1. The number of nitrogens with one attached hydrogen (secondary N) is 2. The highest BCUT2D eigenvalue weighted by molar-refractivity contribution is 6.03. The molecule has 150 valence electrons. The minimum absolute atomic E-state index is 0.0334. The summed E-state index contributed by atoms with van der Waals surface area (Å²) in [7, 11) is 0. The Labute approximate surface area is 160 Å². The SMILES string of the molecule is O=C(O)CNC(=O)c1c(O)c2cc(F)cc(Cc3c(F)cccc3F)c2[nH]c1=O. The number of carbonyl (C=O) groups excluding carboxylic acids is 1. The lowest BCUT2D eigenvalue weighted by Gasteiger charge is -2.12. The third-order valence-corrected chi connectivity index (χ3v) is 4.20. The smallest absolute Gasteiger partial charge is 0.322 e. The number of amides is 1. The summed E-state index contributed by atoms with van der Waals surface area (Å²) >= 11 is 0. The molecule has 29 heavy (non-hydrogen) atoms. The highest BCUT2D eigenvalue weighted by Crippen LogP contribution is 2.30. The normalized spacial score (nSPS) is 10.9. The van der Waals surface area contributed by atoms with E-state index in [9.17, 15) is 32.7 Å². The van der Waals surface area contributed by atoms with Crippen molar-refractivity contribution in [2.45, 2.75) is 6.42 Å². The molecule has 0 aliphatic rings. The molecule has 0 unspecified atom stereocenters. The Balaban J connectivity index is 2.16. The maximum atomic E-state index is 14.1. The van der Waals surface area contributed by atoms with Crippen LogP contribution in [0.2, 0.25) is 0 Å². The average Bonchev–Trinajstić information content (AvgIpc) is 2.64. The van der Waals surface area contributed by atoms with Crippen molar-refractivity contribution >= 4 is 22.8 Å². The molecule has 0 spiro atoms. The van der Waals surface area contributed by atoms with Crippen LogP contribution < -0.4 is 10.9 Å². The van der Waals surface area contributed by atoms with E-state index in [1.54, 1.807) is 0 Å². The van der Waals surface area contributed by atoms with E-state index < -0.39 is 59.2 Å². The Hall–Kier alpha value is -3.82. The zero-order valence-electron chi connectivity index (χ0n) is 14.6. The maximum Gasteiger partial charge on any atom is 0.322 e.